The number of carbonyl (C=O) groups is 3. The minimum absolute atomic E-state index is 0.133. The van der Waals surface area contributed by atoms with Gasteiger partial charge in [0.15, 0.2) is 6.10 Å². The highest BCUT2D eigenvalue weighted by atomic mass is 16.6. The average molecular weight is 935 g/mol. The fourth-order valence-corrected chi connectivity index (χ4v) is 6.50. The van der Waals surface area contributed by atoms with E-state index in [1.54, 1.807) is 0 Å². The van der Waals surface area contributed by atoms with Crippen molar-refractivity contribution in [1.82, 2.24) is 0 Å². The zero-order valence-electron chi connectivity index (χ0n) is 43.0. The zero-order chi connectivity index (χ0) is 49.3. The van der Waals surface area contributed by atoms with E-state index in [0.29, 0.717) is 19.3 Å². The third kappa shape index (κ3) is 52.0. The number of unbranched alkanes of at least 4 members (excludes halogenated alkanes) is 14. The molecule has 0 fully saturated rings. The van der Waals surface area contributed by atoms with Crippen LogP contribution >= 0.6 is 0 Å². The van der Waals surface area contributed by atoms with E-state index in [2.05, 4.69) is 130 Å². The Morgan fingerprint density at radius 2 is 0.662 bits per heavy atom. The maximum Gasteiger partial charge on any atom is 0.306 e. The van der Waals surface area contributed by atoms with Gasteiger partial charge in [0.2, 0.25) is 0 Å². The topological polar surface area (TPSA) is 78.9 Å². The summed E-state index contributed by atoms with van der Waals surface area (Å²) < 4.78 is 16.7. The highest BCUT2D eigenvalue weighted by Gasteiger charge is 2.19. The average Bonchev–Trinajstić information content (AvgIpc) is 3.34. The minimum Gasteiger partial charge on any atom is -0.462 e. The third-order valence-corrected chi connectivity index (χ3v) is 10.4. The van der Waals surface area contributed by atoms with Gasteiger partial charge in [-0.15, -0.1) is 0 Å². The van der Waals surface area contributed by atoms with Crippen LogP contribution in [-0.4, -0.2) is 37.2 Å². The highest BCUT2D eigenvalue weighted by molar-refractivity contribution is 5.71. The van der Waals surface area contributed by atoms with Gasteiger partial charge in [0.25, 0.3) is 0 Å². The van der Waals surface area contributed by atoms with Crippen molar-refractivity contribution in [1.29, 1.82) is 0 Å². The standard InChI is InChI=1S/C62H94O6/c1-4-7-10-13-16-19-22-25-28-30-32-34-37-40-43-46-49-52-55-61(64)67-58-59(57-66-60(63)54-51-48-45-42-39-36-33-27-24-21-18-15-12-9-6-3)68-62(65)56-53-50-47-44-41-38-35-31-29-26-23-20-17-14-11-8-5-2/h8-9,11-12,15,17-18,20-22,24-30,32-36,38-39,44,47,59H,4-7,10,13-14,16,19,23,31,37,40-43,45-46,48-58H2,1-3H3/b11-8-,12-9-,18-15-,20-17-,24-21-,25-22-,29-26-,30-28-,33-27-,34-32-,38-35-,39-36-,47-44-. The van der Waals surface area contributed by atoms with Gasteiger partial charge in [-0.3, -0.25) is 14.4 Å². The predicted molar refractivity (Wildman–Crippen MR) is 292 cm³/mol. The monoisotopic (exact) mass is 935 g/mol. The van der Waals surface area contributed by atoms with Crippen molar-refractivity contribution in [3.05, 3.63) is 158 Å². The SMILES string of the molecule is CC\C=C/C=C\C=C/C=C\C=C/CCCCCC(=O)OCC(COC(=O)CCCCCCC\C=C/C=C\C=C/CCCCCCC)OC(=O)CCC/C=C\C/C=C\C/C=C\C/C=C\C/C=C\CC. The van der Waals surface area contributed by atoms with Gasteiger partial charge in [-0.25, -0.2) is 0 Å². The molecule has 0 rings (SSSR count). The van der Waals surface area contributed by atoms with Crippen LogP contribution in [0.4, 0.5) is 0 Å². The van der Waals surface area contributed by atoms with Crippen LogP contribution in [0, 0.1) is 0 Å². The second-order valence-electron chi connectivity index (χ2n) is 16.8. The molecule has 0 aromatic rings. The van der Waals surface area contributed by atoms with Crippen LogP contribution in [0.15, 0.2) is 158 Å². The van der Waals surface area contributed by atoms with E-state index in [9.17, 15) is 14.4 Å². The largest absolute Gasteiger partial charge is 0.462 e. The van der Waals surface area contributed by atoms with Crippen molar-refractivity contribution in [2.45, 2.75) is 200 Å². The summed E-state index contributed by atoms with van der Waals surface area (Å²) in [5.74, 6) is -1.07. The van der Waals surface area contributed by atoms with Crippen molar-refractivity contribution in [2.75, 3.05) is 13.2 Å². The normalized spacial score (nSPS) is 13.4. The van der Waals surface area contributed by atoms with Crippen molar-refractivity contribution >= 4 is 17.9 Å². The number of hydrogen-bond donors (Lipinski definition) is 0. The van der Waals surface area contributed by atoms with Crippen molar-refractivity contribution in [3.63, 3.8) is 0 Å². The van der Waals surface area contributed by atoms with Gasteiger partial charge < -0.3 is 14.2 Å². The van der Waals surface area contributed by atoms with Crippen LogP contribution in [0.5, 0.6) is 0 Å². The molecule has 0 N–H and O–H groups in total. The van der Waals surface area contributed by atoms with Crippen LogP contribution in [-0.2, 0) is 28.6 Å². The van der Waals surface area contributed by atoms with Crippen LogP contribution in [0.1, 0.15) is 194 Å². The van der Waals surface area contributed by atoms with E-state index in [-0.39, 0.29) is 38.0 Å². The molecule has 0 aliphatic carbocycles. The molecule has 0 saturated carbocycles. The molecule has 68 heavy (non-hydrogen) atoms. The number of esters is 3. The molecule has 0 aromatic carbocycles. The Balaban J connectivity index is 4.63. The lowest BCUT2D eigenvalue weighted by atomic mass is 10.1. The number of carbonyl (C=O) groups excluding carboxylic acids is 3. The molecule has 0 aromatic heterocycles. The minimum atomic E-state index is -0.842. The number of allylic oxidation sites excluding steroid dienone is 26. The Bertz CT molecular complexity index is 1590. The van der Waals surface area contributed by atoms with Gasteiger partial charge in [0, 0.05) is 19.3 Å². The zero-order valence-corrected chi connectivity index (χ0v) is 43.0. The number of ether oxygens (including phenoxy) is 3. The van der Waals surface area contributed by atoms with Gasteiger partial charge >= 0.3 is 17.9 Å². The lowest BCUT2D eigenvalue weighted by Gasteiger charge is -2.18. The van der Waals surface area contributed by atoms with Crippen LogP contribution in [0.25, 0.3) is 0 Å². The van der Waals surface area contributed by atoms with E-state index in [1.165, 1.54) is 32.1 Å². The second kappa shape index (κ2) is 54.6. The molecular weight excluding hydrogens is 841 g/mol. The third-order valence-electron chi connectivity index (χ3n) is 10.4. The van der Waals surface area contributed by atoms with Crippen LogP contribution in [0.2, 0.25) is 0 Å². The first-order valence-corrected chi connectivity index (χ1v) is 26.6. The predicted octanol–water partition coefficient (Wildman–Crippen LogP) is 17.8. The first kappa shape index (κ1) is 63.0. The molecule has 0 amide bonds. The Morgan fingerprint density at radius 3 is 1.12 bits per heavy atom. The maximum absolute atomic E-state index is 12.8. The van der Waals surface area contributed by atoms with E-state index < -0.39 is 12.1 Å². The van der Waals surface area contributed by atoms with Crippen LogP contribution in [0.3, 0.4) is 0 Å². The molecule has 1 atom stereocenters. The van der Waals surface area contributed by atoms with E-state index in [1.807, 2.05) is 48.6 Å². The summed E-state index contributed by atoms with van der Waals surface area (Å²) >= 11 is 0. The van der Waals surface area contributed by atoms with Crippen molar-refractivity contribution in [2.24, 2.45) is 0 Å². The lowest BCUT2D eigenvalue weighted by Crippen LogP contribution is -2.30. The summed E-state index contributed by atoms with van der Waals surface area (Å²) in [5, 5.41) is 0. The maximum atomic E-state index is 12.8. The summed E-state index contributed by atoms with van der Waals surface area (Å²) in [5.41, 5.74) is 0. The fraction of sp³-hybridized carbons (Fsp3) is 0.532. The number of rotatable bonds is 45. The fourth-order valence-electron chi connectivity index (χ4n) is 6.50. The Kier molecular flexibility index (Phi) is 50.6. The van der Waals surface area contributed by atoms with Gasteiger partial charge in [-0.05, 0) is 103 Å². The molecule has 6 heteroatoms. The molecule has 0 aliphatic heterocycles. The van der Waals surface area contributed by atoms with E-state index in [0.717, 1.165) is 109 Å². The molecule has 0 aliphatic rings. The molecule has 0 spiro atoms. The molecule has 378 valence electrons. The summed E-state index contributed by atoms with van der Waals surface area (Å²) in [6.07, 6.45) is 79.4. The molecule has 0 radical (unpaired) electrons. The van der Waals surface area contributed by atoms with Crippen molar-refractivity contribution in [3.8, 4) is 0 Å². The Hall–Kier alpha value is -4.97. The molecule has 0 bridgehead atoms. The first-order chi connectivity index (χ1) is 33.5. The van der Waals surface area contributed by atoms with Crippen LogP contribution < -0.4 is 0 Å². The Labute approximate surface area is 416 Å². The molecule has 6 nitrogen and oxygen atoms in total. The second-order valence-corrected chi connectivity index (χ2v) is 16.8. The number of hydrogen-bond acceptors (Lipinski definition) is 6. The molecule has 0 saturated heterocycles. The van der Waals surface area contributed by atoms with E-state index in [4.69, 9.17) is 14.2 Å². The summed E-state index contributed by atoms with van der Waals surface area (Å²) in [4.78, 5) is 38.0. The van der Waals surface area contributed by atoms with Gasteiger partial charge in [-0.2, -0.15) is 0 Å². The molecular formula is C62H94O6. The summed E-state index contributed by atoms with van der Waals surface area (Å²) in [6.45, 7) is 6.23. The Morgan fingerprint density at radius 1 is 0.324 bits per heavy atom. The molecule has 0 heterocycles. The quantitative estimate of drug-likeness (QED) is 0.0199. The smallest absolute Gasteiger partial charge is 0.306 e. The lowest BCUT2D eigenvalue weighted by molar-refractivity contribution is -0.167. The summed E-state index contributed by atoms with van der Waals surface area (Å²) in [6, 6.07) is 0. The first-order valence-electron chi connectivity index (χ1n) is 26.6. The van der Waals surface area contributed by atoms with Gasteiger partial charge in [-0.1, -0.05) is 230 Å². The summed E-state index contributed by atoms with van der Waals surface area (Å²) in [7, 11) is 0. The van der Waals surface area contributed by atoms with Gasteiger partial charge in [0.1, 0.15) is 13.2 Å². The van der Waals surface area contributed by atoms with E-state index >= 15 is 0 Å². The highest BCUT2D eigenvalue weighted by Crippen LogP contribution is 2.11. The van der Waals surface area contributed by atoms with Crippen molar-refractivity contribution < 1.29 is 28.6 Å². The van der Waals surface area contributed by atoms with Gasteiger partial charge in [0.05, 0.1) is 0 Å². The molecule has 1 unspecified atom stereocenters.